The zero-order valence-corrected chi connectivity index (χ0v) is 20.0. The van der Waals surface area contributed by atoms with Crippen LogP contribution in [-0.2, 0) is 11.2 Å². The lowest BCUT2D eigenvalue weighted by atomic mass is 9.99. The van der Waals surface area contributed by atoms with Crippen molar-refractivity contribution in [2.75, 3.05) is 26.5 Å². The summed E-state index contributed by atoms with van der Waals surface area (Å²) in [5.74, 6) is 1.85. The maximum absolute atomic E-state index is 12.9. The van der Waals surface area contributed by atoms with E-state index in [9.17, 15) is 4.79 Å². The number of ether oxygens (including phenoxy) is 1. The second-order valence-corrected chi connectivity index (χ2v) is 9.41. The van der Waals surface area contributed by atoms with Crippen LogP contribution in [0.15, 0.2) is 65.6 Å². The molecule has 0 radical (unpaired) electrons. The summed E-state index contributed by atoms with van der Waals surface area (Å²) in [6, 6.07) is 21.1. The van der Waals surface area contributed by atoms with Crippen molar-refractivity contribution in [1.82, 2.24) is 9.47 Å². The molecule has 32 heavy (non-hydrogen) atoms. The van der Waals surface area contributed by atoms with Gasteiger partial charge in [-0.2, -0.15) is 0 Å². The second kappa shape index (κ2) is 10.3. The quantitative estimate of drug-likeness (QED) is 0.412. The van der Waals surface area contributed by atoms with Crippen molar-refractivity contribution in [3.8, 4) is 22.7 Å². The van der Waals surface area contributed by atoms with Crippen LogP contribution in [0.25, 0.3) is 16.9 Å². The molecular weight excluding hydrogens is 416 g/mol. The number of aryl methyl sites for hydroxylation is 1. The fourth-order valence-electron chi connectivity index (χ4n) is 4.35. The summed E-state index contributed by atoms with van der Waals surface area (Å²) in [5, 5.41) is 0. The van der Waals surface area contributed by atoms with Gasteiger partial charge in [-0.3, -0.25) is 4.79 Å². The van der Waals surface area contributed by atoms with E-state index in [1.807, 2.05) is 17.0 Å². The largest absolute Gasteiger partial charge is 0.497 e. The van der Waals surface area contributed by atoms with E-state index in [1.54, 1.807) is 18.9 Å². The smallest absolute Gasteiger partial charge is 0.222 e. The zero-order chi connectivity index (χ0) is 22.5. The molecule has 0 atom stereocenters. The first-order chi connectivity index (χ1) is 15.6. The van der Waals surface area contributed by atoms with Crippen molar-refractivity contribution in [3.05, 3.63) is 66.4 Å². The highest BCUT2D eigenvalue weighted by molar-refractivity contribution is 7.98. The van der Waals surface area contributed by atoms with E-state index in [0.717, 1.165) is 66.7 Å². The van der Waals surface area contributed by atoms with Gasteiger partial charge in [-0.05, 0) is 97.7 Å². The van der Waals surface area contributed by atoms with Crippen LogP contribution in [0.2, 0.25) is 0 Å². The number of nitrogens with zero attached hydrogens (tertiary/aromatic N) is 2. The Labute approximate surface area is 195 Å². The molecule has 5 heteroatoms. The van der Waals surface area contributed by atoms with Crippen LogP contribution in [0.1, 0.15) is 31.9 Å². The number of carbonyl (C=O) groups excluding carboxylic acids is 1. The lowest BCUT2D eigenvalue weighted by molar-refractivity contribution is -0.132. The van der Waals surface area contributed by atoms with Crippen LogP contribution in [0.5, 0.6) is 5.75 Å². The van der Waals surface area contributed by atoms with E-state index >= 15 is 0 Å². The maximum atomic E-state index is 12.9. The van der Waals surface area contributed by atoms with E-state index in [1.165, 1.54) is 4.90 Å². The Balaban J connectivity index is 1.61. The van der Waals surface area contributed by atoms with Gasteiger partial charge in [0.1, 0.15) is 5.75 Å². The molecule has 2 heterocycles. The third-order valence-corrected chi connectivity index (χ3v) is 7.15. The van der Waals surface area contributed by atoms with E-state index in [2.05, 4.69) is 66.3 Å². The molecule has 1 aliphatic heterocycles. The van der Waals surface area contributed by atoms with Crippen LogP contribution >= 0.6 is 11.8 Å². The predicted molar refractivity (Wildman–Crippen MR) is 133 cm³/mol. The standard InChI is InChI=1S/C27H32N2O2S/c1-20-16-18-28(19-17-20)27(30)15-9-23-8-14-26(21-4-10-24(31-2)11-5-21)29(23)22-6-12-25(32-3)13-7-22/h4-8,10-14,20H,9,15-19H2,1-3H3. The molecule has 3 aromatic rings. The summed E-state index contributed by atoms with van der Waals surface area (Å²) < 4.78 is 7.62. The highest BCUT2D eigenvalue weighted by Crippen LogP contribution is 2.30. The van der Waals surface area contributed by atoms with Gasteiger partial charge >= 0.3 is 0 Å². The summed E-state index contributed by atoms with van der Waals surface area (Å²) in [5.41, 5.74) is 4.53. The zero-order valence-electron chi connectivity index (χ0n) is 19.2. The molecule has 168 valence electrons. The summed E-state index contributed by atoms with van der Waals surface area (Å²) >= 11 is 1.74. The molecule has 1 amide bonds. The molecule has 1 aliphatic rings. The lowest BCUT2D eigenvalue weighted by Gasteiger charge is -2.30. The fraction of sp³-hybridized carbons (Fsp3) is 0.370. The van der Waals surface area contributed by atoms with Crippen molar-refractivity contribution < 1.29 is 9.53 Å². The van der Waals surface area contributed by atoms with Crippen LogP contribution in [0, 0.1) is 5.92 Å². The SMILES string of the molecule is COc1ccc(-c2ccc(CCC(=O)N3CCC(C)CC3)n2-c2ccc(SC)cc2)cc1. The highest BCUT2D eigenvalue weighted by Gasteiger charge is 2.21. The number of likely N-dealkylation sites (tertiary alicyclic amines) is 1. The molecule has 0 spiro atoms. The molecule has 1 aromatic heterocycles. The van der Waals surface area contributed by atoms with E-state index in [4.69, 9.17) is 4.74 Å². The van der Waals surface area contributed by atoms with Gasteiger partial charge in [0.25, 0.3) is 0 Å². The maximum Gasteiger partial charge on any atom is 0.222 e. The van der Waals surface area contributed by atoms with Gasteiger partial charge in [-0.15, -0.1) is 11.8 Å². The fourth-order valence-corrected chi connectivity index (χ4v) is 4.76. The number of aromatic nitrogens is 1. The molecule has 0 unspecified atom stereocenters. The first-order valence-corrected chi connectivity index (χ1v) is 12.6. The minimum Gasteiger partial charge on any atom is -0.497 e. The van der Waals surface area contributed by atoms with Crippen molar-refractivity contribution in [2.24, 2.45) is 5.92 Å². The molecule has 1 fully saturated rings. The minimum absolute atomic E-state index is 0.272. The average Bonchev–Trinajstić information content (AvgIpc) is 3.27. The summed E-state index contributed by atoms with van der Waals surface area (Å²) in [4.78, 5) is 16.1. The number of thioether (sulfide) groups is 1. The van der Waals surface area contributed by atoms with Crippen molar-refractivity contribution in [2.45, 2.75) is 37.5 Å². The van der Waals surface area contributed by atoms with Gasteiger partial charge in [-0.1, -0.05) is 6.92 Å². The number of piperidine rings is 1. The number of benzene rings is 2. The van der Waals surface area contributed by atoms with Crippen LogP contribution in [-0.4, -0.2) is 41.8 Å². The first-order valence-electron chi connectivity index (χ1n) is 11.4. The van der Waals surface area contributed by atoms with Gasteiger partial charge in [0.2, 0.25) is 5.91 Å². The van der Waals surface area contributed by atoms with Crippen LogP contribution < -0.4 is 4.74 Å². The normalized spacial score (nSPS) is 14.5. The predicted octanol–water partition coefficient (Wildman–Crippen LogP) is 6.07. The third kappa shape index (κ3) is 5.04. The van der Waals surface area contributed by atoms with Gasteiger partial charge in [0.15, 0.2) is 0 Å². The molecule has 0 aliphatic carbocycles. The third-order valence-electron chi connectivity index (χ3n) is 6.41. The number of hydrogen-bond acceptors (Lipinski definition) is 3. The number of amides is 1. The Kier molecular flexibility index (Phi) is 7.26. The van der Waals surface area contributed by atoms with Gasteiger partial charge in [0.05, 0.1) is 12.8 Å². The Hall–Kier alpha value is -2.66. The van der Waals surface area contributed by atoms with E-state index in [0.29, 0.717) is 6.42 Å². The highest BCUT2D eigenvalue weighted by atomic mass is 32.2. The topological polar surface area (TPSA) is 34.5 Å². The Bertz CT molecular complexity index is 1030. The van der Waals surface area contributed by atoms with Crippen molar-refractivity contribution in [3.63, 3.8) is 0 Å². The number of rotatable bonds is 7. The molecule has 4 rings (SSSR count). The minimum atomic E-state index is 0.272. The Morgan fingerprint density at radius 3 is 2.31 bits per heavy atom. The van der Waals surface area contributed by atoms with Crippen molar-refractivity contribution >= 4 is 17.7 Å². The monoisotopic (exact) mass is 448 g/mol. The number of hydrogen-bond donors (Lipinski definition) is 0. The van der Waals surface area contributed by atoms with Gasteiger partial charge < -0.3 is 14.2 Å². The Morgan fingerprint density at radius 2 is 1.69 bits per heavy atom. The molecule has 1 saturated heterocycles. The lowest BCUT2D eigenvalue weighted by Crippen LogP contribution is -2.38. The summed E-state index contributed by atoms with van der Waals surface area (Å²) in [7, 11) is 1.68. The molecule has 0 saturated carbocycles. The summed E-state index contributed by atoms with van der Waals surface area (Å²) in [6.07, 6.45) is 5.59. The van der Waals surface area contributed by atoms with Crippen molar-refractivity contribution in [1.29, 1.82) is 0 Å². The van der Waals surface area contributed by atoms with Gasteiger partial charge in [0, 0.05) is 35.8 Å². The number of carbonyl (C=O) groups is 1. The van der Waals surface area contributed by atoms with E-state index < -0.39 is 0 Å². The Morgan fingerprint density at radius 1 is 1.00 bits per heavy atom. The van der Waals surface area contributed by atoms with Crippen LogP contribution in [0.4, 0.5) is 0 Å². The molecule has 4 nitrogen and oxygen atoms in total. The van der Waals surface area contributed by atoms with Gasteiger partial charge in [-0.25, -0.2) is 0 Å². The van der Waals surface area contributed by atoms with E-state index in [-0.39, 0.29) is 5.91 Å². The molecule has 0 bridgehead atoms. The molecule has 0 N–H and O–H groups in total. The molecule has 2 aromatic carbocycles. The van der Waals surface area contributed by atoms with Crippen LogP contribution in [0.3, 0.4) is 0 Å². The molecular formula is C27H32N2O2S. The first kappa shape index (κ1) is 22.5. The number of methoxy groups -OCH3 is 1. The average molecular weight is 449 g/mol. The second-order valence-electron chi connectivity index (χ2n) is 8.54. The summed E-state index contributed by atoms with van der Waals surface area (Å²) in [6.45, 7) is 4.07.